The number of anilines is 1. The third-order valence-corrected chi connectivity index (χ3v) is 6.57. The minimum atomic E-state index is -4.44. The van der Waals surface area contributed by atoms with Crippen molar-refractivity contribution in [2.24, 2.45) is 0 Å². The van der Waals surface area contributed by atoms with Gasteiger partial charge in [-0.05, 0) is 35.7 Å². The Kier molecular flexibility index (Phi) is 5.87. The number of hydrogen-bond donors (Lipinski definition) is 1. The minimum Gasteiger partial charge on any atom is -0.425 e. The Balaban J connectivity index is 1.55. The number of ether oxygens (including phenoxy) is 1. The molecule has 0 bridgehead atoms. The van der Waals surface area contributed by atoms with Crippen LogP contribution in [0.1, 0.15) is 0 Å². The fourth-order valence-corrected chi connectivity index (χ4v) is 4.67. The van der Waals surface area contributed by atoms with E-state index in [4.69, 9.17) is 4.74 Å². The molecule has 0 heterocycles. The molecule has 0 atom stereocenters. The van der Waals surface area contributed by atoms with Gasteiger partial charge in [-0.1, -0.05) is 54.6 Å². The fourth-order valence-electron chi connectivity index (χ4n) is 3.24. The molecular formula is C24H17F2NO4S. The van der Waals surface area contributed by atoms with E-state index in [1.165, 1.54) is 24.3 Å². The van der Waals surface area contributed by atoms with Gasteiger partial charge in [-0.25, -0.2) is 22.0 Å². The van der Waals surface area contributed by atoms with Crippen LogP contribution in [-0.4, -0.2) is 20.9 Å². The Morgan fingerprint density at radius 2 is 1.53 bits per heavy atom. The average molecular weight is 453 g/mol. The van der Waals surface area contributed by atoms with Crippen LogP contribution < -0.4 is 10.1 Å². The second-order valence-electron chi connectivity index (χ2n) is 6.86. The van der Waals surface area contributed by atoms with Crippen molar-refractivity contribution in [1.82, 2.24) is 0 Å². The summed E-state index contributed by atoms with van der Waals surface area (Å²) in [7, 11) is -4.44. The average Bonchev–Trinajstić information content (AvgIpc) is 2.79. The third kappa shape index (κ3) is 4.17. The Bertz CT molecular complexity index is 1400. The quantitative estimate of drug-likeness (QED) is 0.330. The Morgan fingerprint density at radius 3 is 2.31 bits per heavy atom. The maximum atomic E-state index is 15.0. The SMILES string of the molecule is O=C(CNc1ccc(F)c(S(=O)(=O)c2ccccc2)c1F)Oc1cccc2ccccc12. The molecule has 0 spiro atoms. The van der Waals surface area contributed by atoms with E-state index in [2.05, 4.69) is 5.32 Å². The number of benzene rings is 4. The van der Waals surface area contributed by atoms with E-state index < -0.39 is 38.9 Å². The summed E-state index contributed by atoms with van der Waals surface area (Å²) >= 11 is 0. The molecule has 0 aliphatic rings. The summed E-state index contributed by atoms with van der Waals surface area (Å²) in [4.78, 5) is 11.0. The van der Waals surface area contributed by atoms with Gasteiger partial charge in [-0.15, -0.1) is 0 Å². The van der Waals surface area contributed by atoms with Crippen molar-refractivity contribution in [2.45, 2.75) is 9.79 Å². The van der Waals surface area contributed by atoms with E-state index in [0.717, 1.165) is 22.9 Å². The van der Waals surface area contributed by atoms with Crippen LogP contribution in [0.15, 0.2) is 94.7 Å². The maximum absolute atomic E-state index is 15.0. The summed E-state index contributed by atoms with van der Waals surface area (Å²) in [5.41, 5.74) is -0.337. The van der Waals surface area contributed by atoms with E-state index in [9.17, 15) is 22.0 Å². The molecule has 4 rings (SSSR count). The van der Waals surface area contributed by atoms with Crippen molar-refractivity contribution in [3.63, 3.8) is 0 Å². The number of nitrogens with one attached hydrogen (secondary N) is 1. The molecular weight excluding hydrogens is 436 g/mol. The number of fused-ring (bicyclic) bond motifs is 1. The summed E-state index contributed by atoms with van der Waals surface area (Å²) < 4.78 is 60.1. The fraction of sp³-hybridized carbons (Fsp3) is 0.0417. The molecule has 0 fully saturated rings. The maximum Gasteiger partial charge on any atom is 0.330 e. The number of sulfone groups is 1. The van der Waals surface area contributed by atoms with Gasteiger partial charge in [0.2, 0.25) is 9.84 Å². The second kappa shape index (κ2) is 8.76. The topological polar surface area (TPSA) is 72.5 Å². The normalized spacial score (nSPS) is 11.3. The van der Waals surface area contributed by atoms with E-state index in [1.54, 1.807) is 30.3 Å². The van der Waals surface area contributed by atoms with Gasteiger partial charge in [-0.3, -0.25) is 0 Å². The first-order valence-corrected chi connectivity index (χ1v) is 11.1. The van der Waals surface area contributed by atoms with Crippen molar-refractivity contribution < 1.29 is 26.7 Å². The molecule has 1 N–H and O–H groups in total. The largest absolute Gasteiger partial charge is 0.425 e. The highest BCUT2D eigenvalue weighted by atomic mass is 32.2. The molecule has 0 aliphatic heterocycles. The van der Waals surface area contributed by atoms with Gasteiger partial charge in [0, 0.05) is 5.39 Å². The first kappa shape index (κ1) is 21.5. The number of hydrogen-bond acceptors (Lipinski definition) is 5. The van der Waals surface area contributed by atoms with Crippen LogP contribution in [0, 0.1) is 11.6 Å². The molecule has 5 nitrogen and oxygen atoms in total. The molecule has 0 radical (unpaired) electrons. The standard InChI is InChI=1S/C24H17F2NO4S/c25-19-13-14-20(23(26)24(19)32(29,30)17-9-2-1-3-10-17)27-15-22(28)31-21-12-6-8-16-7-4-5-11-18(16)21/h1-14,27H,15H2. The first-order chi connectivity index (χ1) is 15.4. The zero-order valence-electron chi connectivity index (χ0n) is 16.6. The first-order valence-electron chi connectivity index (χ1n) is 9.58. The number of rotatable bonds is 6. The van der Waals surface area contributed by atoms with E-state index in [-0.39, 0.29) is 10.6 Å². The molecule has 8 heteroatoms. The van der Waals surface area contributed by atoms with Crippen LogP contribution in [-0.2, 0) is 14.6 Å². The molecule has 0 saturated heterocycles. The van der Waals surface area contributed by atoms with E-state index >= 15 is 0 Å². The summed E-state index contributed by atoms with van der Waals surface area (Å²) in [6.07, 6.45) is 0. The minimum absolute atomic E-state index is 0.245. The van der Waals surface area contributed by atoms with Crippen molar-refractivity contribution in [3.05, 3.63) is 96.6 Å². The summed E-state index contributed by atoms with van der Waals surface area (Å²) in [5.74, 6) is -2.93. The van der Waals surface area contributed by atoms with Crippen LogP contribution in [0.2, 0.25) is 0 Å². The Hall–Kier alpha value is -3.78. The van der Waals surface area contributed by atoms with Gasteiger partial charge in [0.05, 0.1) is 10.6 Å². The number of carbonyl (C=O) groups is 1. The zero-order chi connectivity index (χ0) is 22.7. The van der Waals surface area contributed by atoms with Gasteiger partial charge in [0.15, 0.2) is 5.82 Å². The lowest BCUT2D eigenvalue weighted by molar-refractivity contribution is -0.132. The Labute approximate surface area is 183 Å². The van der Waals surface area contributed by atoms with Crippen molar-refractivity contribution in [2.75, 3.05) is 11.9 Å². The highest BCUT2D eigenvalue weighted by Gasteiger charge is 2.28. The molecule has 32 heavy (non-hydrogen) atoms. The van der Waals surface area contributed by atoms with Crippen LogP contribution >= 0.6 is 0 Å². The van der Waals surface area contributed by atoms with Crippen molar-refractivity contribution >= 4 is 32.3 Å². The summed E-state index contributed by atoms with van der Waals surface area (Å²) in [6, 6.07) is 21.4. The van der Waals surface area contributed by atoms with Crippen molar-refractivity contribution in [1.29, 1.82) is 0 Å². The van der Waals surface area contributed by atoms with Crippen LogP contribution in [0.5, 0.6) is 5.75 Å². The van der Waals surface area contributed by atoms with Gasteiger partial charge >= 0.3 is 5.97 Å². The molecule has 4 aromatic carbocycles. The third-order valence-electron chi connectivity index (χ3n) is 4.77. The second-order valence-corrected chi connectivity index (χ2v) is 8.75. The smallest absolute Gasteiger partial charge is 0.330 e. The molecule has 0 amide bonds. The zero-order valence-corrected chi connectivity index (χ0v) is 17.4. The summed E-state index contributed by atoms with van der Waals surface area (Å²) in [5, 5.41) is 4.10. The lowest BCUT2D eigenvalue weighted by Crippen LogP contribution is -2.21. The molecule has 4 aromatic rings. The van der Waals surface area contributed by atoms with Crippen molar-refractivity contribution in [3.8, 4) is 5.75 Å². The van der Waals surface area contributed by atoms with Gasteiger partial charge in [0.25, 0.3) is 0 Å². The predicted octanol–water partition coefficient (Wildman–Crippen LogP) is 4.97. The Morgan fingerprint density at radius 1 is 0.844 bits per heavy atom. The predicted molar refractivity (Wildman–Crippen MR) is 116 cm³/mol. The molecule has 0 aliphatic carbocycles. The van der Waals surface area contributed by atoms with Gasteiger partial charge in [0.1, 0.15) is 23.0 Å². The number of esters is 1. The molecule has 0 unspecified atom stereocenters. The van der Waals surface area contributed by atoms with Crippen LogP contribution in [0.4, 0.5) is 14.5 Å². The van der Waals surface area contributed by atoms with E-state index in [1.807, 2.05) is 18.2 Å². The highest BCUT2D eigenvalue weighted by molar-refractivity contribution is 7.91. The van der Waals surface area contributed by atoms with Crippen LogP contribution in [0.25, 0.3) is 10.8 Å². The van der Waals surface area contributed by atoms with Crippen LogP contribution in [0.3, 0.4) is 0 Å². The van der Waals surface area contributed by atoms with E-state index in [0.29, 0.717) is 5.75 Å². The lowest BCUT2D eigenvalue weighted by Gasteiger charge is -2.13. The highest BCUT2D eigenvalue weighted by Crippen LogP contribution is 2.30. The molecule has 0 aromatic heterocycles. The van der Waals surface area contributed by atoms with Gasteiger partial charge < -0.3 is 10.1 Å². The number of halogens is 2. The molecule has 0 saturated carbocycles. The molecule has 162 valence electrons. The lowest BCUT2D eigenvalue weighted by atomic mass is 10.1. The van der Waals surface area contributed by atoms with Gasteiger partial charge in [-0.2, -0.15) is 0 Å². The monoisotopic (exact) mass is 453 g/mol. The number of carbonyl (C=O) groups excluding carboxylic acids is 1. The summed E-state index contributed by atoms with van der Waals surface area (Å²) in [6.45, 7) is -0.462.